The first-order valence-corrected chi connectivity index (χ1v) is 7.36. The quantitative estimate of drug-likeness (QED) is 0.368. The highest BCUT2D eigenvalue weighted by molar-refractivity contribution is 6.11. The number of aromatic nitrogens is 2. The van der Waals surface area contributed by atoms with E-state index in [1.54, 1.807) is 0 Å². The predicted molar refractivity (Wildman–Crippen MR) is 83.0 cm³/mol. The lowest BCUT2D eigenvalue weighted by Gasteiger charge is -2.04. The number of fused-ring (bicyclic) bond motifs is 3. The summed E-state index contributed by atoms with van der Waals surface area (Å²) in [5.74, 6) is -0.224. The lowest BCUT2D eigenvalue weighted by atomic mass is 10.1. The van der Waals surface area contributed by atoms with Crippen LogP contribution < -0.4 is 21.5 Å². The number of benzene rings is 1. The summed E-state index contributed by atoms with van der Waals surface area (Å²) < 4.78 is 7.04. The van der Waals surface area contributed by atoms with E-state index in [9.17, 15) is 4.79 Å². The van der Waals surface area contributed by atoms with E-state index in [0.29, 0.717) is 6.61 Å². The Kier molecular flexibility index (Phi) is 4.13. The molecule has 1 aliphatic rings. The summed E-state index contributed by atoms with van der Waals surface area (Å²) >= 11 is 0. The Hall–Kier alpha value is -2.27. The van der Waals surface area contributed by atoms with Crippen LogP contribution in [0.1, 0.15) is 6.92 Å². The van der Waals surface area contributed by atoms with E-state index in [1.165, 1.54) is 0 Å². The summed E-state index contributed by atoms with van der Waals surface area (Å²) in [6, 6.07) is 12.2. The first kappa shape index (κ1) is 15.6. The second kappa shape index (κ2) is 6.08. The van der Waals surface area contributed by atoms with E-state index in [4.69, 9.17) is 4.74 Å². The van der Waals surface area contributed by atoms with E-state index in [2.05, 4.69) is 17.1 Å². The number of rotatable bonds is 3. The average Bonchev–Trinajstić information content (AvgIpc) is 2.87. The molecule has 1 aromatic carbocycles. The Balaban J connectivity index is 0.00000156. The summed E-state index contributed by atoms with van der Waals surface area (Å²) in [4.78, 5) is 16.4. The van der Waals surface area contributed by atoms with Gasteiger partial charge in [-0.05, 0) is 24.4 Å². The van der Waals surface area contributed by atoms with Crippen molar-refractivity contribution in [2.75, 3.05) is 6.61 Å². The molecule has 0 unspecified atom stereocenters. The molecule has 3 aromatic rings. The Bertz CT molecular complexity index is 909. The van der Waals surface area contributed by atoms with Gasteiger partial charge in [-0.25, -0.2) is 4.79 Å². The Morgan fingerprint density at radius 3 is 2.74 bits per heavy atom. The number of carbonyl (C=O) groups excluding carboxylic acids is 1. The number of nitrogens with zero attached hydrogens (tertiary/aromatic N) is 2. The molecule has 0 saturated heterocycles. The van der Waals surface area contributed by atoms with Crippen LogP contribution >= 0.6 is 0 Å². The molecule has 0 radical (unpaired) electrons. The van der Waals surface area contributed by atoms with Crippen molar-refractivity contribution in [2.45, 2.75) is 13.5 Å². The van der Waals surface area contributed by atoms with Gasteiger partial charge in [0, 0.05) is 17.8 Å². The van der Waals surface area contributed by atoms with E-state index in [-0.39, 0.29) is 29.5 Å². The molecule has 4 nitrogen and oxygen atoms in total. The highest BCUT2D eigenvalue weighted by Crippen LogP contribution is 2.43. The third-order valence-electron chi connectivity index (χ3n) is 3.98. The van der Waals surface area contributed by atoms with Gasteiger partial charge >= 0.3 is 5.97 Å². The molecule has 1 aliphatic carbocycles. The maximum atomic E-state index is 11.9. The van der Waals surface area contributed by atoms with Crippen molar-refractivity contribution in [1.29, 1.82) is 0 Å². The smallest absolute Gasteiger partial charge is 0.372 e. The van der Waals surface area contributed by atoms with Crippen molar-refractivity contribution < 1.29 is 31.1 Å². The number of hydrogen-bond acceptors (Lipinski definition) is 3. The van der Waals surface area contributed by atoms with Gasteiger partial charge in [0.25, 0.3) is 0 Å². The van der Waals surface area contributed by atoms with Crippen LogP contribution in [0.4, 0.5) is 0 Å². The van der Waals surface area contributed by atoms with Gasteiger partial charge in [0.05, 0.1) is 23.3 Å². The molecule has 0 spiro atoms. The fraction of sp³-hybridized carbons (Fsp3) is 0.167. The minimum atomic E-state index is -0.224. The fourth-order valence-corrected chi connectivity index (χ4v) is 3.12. The number of hydrogen-bond donors (Lipinski definition) is 0. The molecule has 5 heteroatoms. The summed E-state index contributed by atoms with van der Waals surface area (Å²) in [6.45, 7) is 2.42. The molecule has 116 valence electrons. The lowest BCUT2D eigenvalue weighted by molar-refractivity contribution is -0.673. The van der Waals surface area contributed by atoms with E-state index < -0.39 is 0 Å². The molecule has 0 amide bonds. The molecule has 4 rings (SSSR count). The minimum absolute atomic E-state index is 0. The van der Waals surface area contributed by atoms with Gasteiger partial charge in [-0.2, -0.15) is 4.57 Å². The van der Waals surface area contributed by atoms with Gasteiger partial charge < -0.3 is 21.7 Å². The normalized spacial score (nSPS) is 11.0. The van der Waals surface area contributed by atoms with E-state index >= 15 is 0 Å². The summed E-state index contributed by atoms with van der Waals surface area (Å²) in [5, 5.41) is 2.24. The maximum absolute atomic E-state index is 11.9. The number of carbonyl (C=O) groups is 1. The second-order valence-corrected chi connectivity index (χ2v) is 5.27. The zero-order valence-corrected chi connectivity index (χ0v) is 14.2. The van der Waals surface area contributed by atoms with Crippen LogP contribution in [-0.2, 0) is 16.1 Å². The van der Waals surface area contributed by atoms with Gasteiger partial charge in [0.1, 0.15) is 0 Å². The predicted octanol–water partition coefficient (Wildman–Crippen LogP) is -0.263. The molecular weight excluding hydrogens is 356 g/mol. The van der Waals surface area contributed by atoms with Crippen LogP contribution in [-0.4, -0.2) is 17.6 Å². The van der Waals surface area contributed by atoms with Crippen molar-refractivity contribution in [3.05, 3.63) is 48.8 Å². The third-order valence-corrected chi connectivity index (χ3v) is 3.98. The van der Waals surface area contributed by atoms with Crippen LogP contribution in [0, 0.1) is 0 Å². The van der Waals surface area contributed by atoms with Gasteiger partial charge in [0.2, 0.25) is 12.2 Å². The first-order chi connectivity index (χ1) is 10.8. The Labute approximate surface area is 144 Å². The van der Waals surface area contributed by atoms with Gasteiger partial charge in [-0.1, -0.05) is 18.2 Å². The van der Waals surface area contributed by atoms with E-state index in [1.807, 2.05) is 48.1 Å². The van der Waals surface area contributed by atoms with Crippen LogP contribution in [0.3, 0.4) is 0 Å². The molecule has 0 N–H and O–H groups in total. The SMILES string of the molecule is CCOC(=O)C[n+]1ccc2ccnc3c2c1-c1ccccc1-3.[Br-]. The maximum Gasteiger partial charge on any atom is 0.372 e. The van der Waals surface area contributed by atoms with Crippen molar-refractivity contribution in [2.24, 2.45) is 0 Å². The largest absolute Gasteiger partial charge is 1.00 e. The first-order valence-electron chi connectivity index (χ1n) is 7.36. The van der Waals surface area contributed by atoms with E-state index in [0.717, 1.165) is 33.3 Å². The lowest BCUT2D eigenvalue weighted by Crippen LogP contribution is -3.00. The second-order valence-electron chi connectivity index (χ2n) is 5.27. The van der Waals surface area contributed by atoms with Gasteiger partial charge in [-0.15, -0.1) is 0 Å². The third kappa shape index (κ3) is 2.41. The zero-order valence-electron chi connectivity index (χ0n) is 12.6. The average molecular weight is 371 g/mol. The number of ether oxygens (including phenoxy) is 1. The minimum Gasteiger partial charge on any atom is -1.00 e. The van der Waals surface area contributed by atoms with Crippen LogP contribution in [0.5, 0.6) is 0 Å². The molecule has 23 heavy (non-hydrogen) atoms. The molecule has 0 bridgehead atoms. The molecular formula is C18H15BrN2O2. The number of pyridine rings is 2. The van der Waals surface area contributed by atoms with Crippen LogP contribution in [0.15, 0.2) is 48.8 Å². The summed E-state index contributed by atoms with van der Waals surface area (Å²) in [6.07, 6.45) is 3.78. The van der Waals surface area contributed by atoms with Crippen molar-refractivity contribution in [3.63, 3.8) is 0 Å². The van der Waals surface area contributed by atoms with Crippen molar-refractivity contribution in [3.8, 4) is 22.5 Å². The summed E-state index contributed by atoms with van der Waals surface area (Å²) in [7, 11) is 0. The van der Waals surface area contributed by atoms with Gasteiger partial charge in [-0.3, -0.25) is 4.98 Å². The van der Waals surface area contributed by atoms with Crippen LogP contribution in [0.2, 0.25) is 0 Å². The standard InChI is InChI=1S/C18H15N2O2.BrH/c1-2-22-15(21)11-20-10-8-12-7-9-19-17-13-5-3-4-6-14(13)18(20)16(12)17;/h3-10H,2,11H2,1H3;1H/q+1;/p-1. The van der Waals surface area contributed by atoms with Crippen LogP contribution in [0.25, 0.3) is 33.3 Å². The number of halogens is 1. The molecule has 0 atom stereocenters. The molecule has 2 aromatic heterocycles. The van der Waals surface area contributed by atoms with Crippen molar-refractivity contribution >= 4 is 16.7 Å². The monoisotopic (exact) mass is 370 g/mol. The fourth-order valence-electron chi connectivity index (χ4n) is 3.12. The molecule has 0 aliphatic heterocycles. The Morgan fingerprint density at radius 1 is 1.17 bits per heavy atom. The van der Waals surface area contributed by atoms with Gasteiger partial charge in [0.15, 0.2) is 6.20 Å². The topological polar surface area (TPSA) is 43.1 Å². The Morgan fingerprint density at radius 2 is 1.96 bits per heavy atom. The zero-order chi connectivity index (χ0) is 15.1. The van der Waals surface area contributed by atoms with Crippen molar-refractivity contribution in [1.82, 2.24) is 4.98 Å². The number of esters is 1. The molecule has 2 heterocycles. The highest BCUT2D eigenvalue weighted by Gasteiger charge is 2.31. The molecule has 0 saturated carbocycles. The molecule has 0 fully saturated rings. The highest BCUT2D eigenvalue weighted by atomic mass is 79.9. The summed E-state index contributed by atoms with van der Waals surface area (Å²) in [5.41, 5.74) is 4.27.